The average molecular weight is 261 g/mol. The first kappa shape index (κ1) is 17.2. The first-order chi connectivity index (χ1) is 8.33. The maximum Gasteiger partial charge on any atom is 0.409 e. The van der Waals surface area contributed by atoms with Gasteiger partial charge in [-0.15, -0.1) is 0 Å². The smallest absolute Gasteiger partial charge is 0.409 e. The molecule has 5 heteroatoms. The molecule has 0 aliphatic heterocycles. The molecule has 0 fully saturated rings. The van der Waals surface area contributed by atoms with Crippen LogP contribution in [0.15, 0.2) is 0 Å². The van der Waals surface area contributed by atoms with E-state index in [1.165, 1.54) is 4.90 Å². The van der Waals surface area contributed by atoms with E-state index in [1.54, 1.807) is 14.1 Å². The Hall–Kier alpha value is -0.810. The molecule has 0 saturated heterocycles. The van der Waals surface area contributed by atoms with Gasteiger partial charge in [0.2, 0.25) is 0 Å². The predicted molar refractivity (Wildman–Crippen MR) is 70.7 cm³/mol. The third-order valence-electron chi connectivity index (χ3n) is 2.19. The van der Waals surface area contributed by atoms with Crippen LogP contribution in [0.3, 0.4) is 0 Å². The molecule has 0 aliphatic rings. The lowest BCUT2D eigenvalue weighted by molar-refractivity contribution is 0.0193. The summed E-state index contributed by atoms with van der Waals surface area (Å²) in [5.74, 6) is 0. The summed E-state index contributed by atoms with van der Waals surface area (Å²) < 4.78 is 15.6. The van der Waals surface area contributed by atoms with Crippen LogP contribution in [0, 0.1) is 5.41 Å². The molecule has 18 heavy (non-hydrogen) atoms. The van der Waals surface area contributed by atoms with E-state index in [1.807, 2.05) is 0 Å². The van der Waals surface area contributed by atoms with E-state index in [0.29, 0.717) is 25.2 Å². The number of carbonyl (C=O) groups is 1. The Morgan fingerprint density at radius 1 is 0.944 bits per heavy atom. The molecule has 0 bridgehead atoms. The summed E-state index contributed by atoms with van der Waals surface area (Å²) in [7, 11) is 3.29. The van der Waals surface area contributed by atoms with Gasteiger partial charge in [-0.25, -0.2) is 4.79 Å². The Labute approximate surface area is 110 Å². The highest BCUT2D eigenvalue weighted by Crippen LogP contribution is 2.17. The van der Waals surface area contributed by atoms with Gasteiger partial charge in [-0.1, -0.05) is 20.8 Å². The molecular formula is C13H27NO4. The fraction of sp³-hybridized carbons (Fsp3) is 0.923. The summed E-state index contributed by atoms with van der Waals surface area (Å²) >= 11 is 0. The normalized spacial score (nSPS) is 11.4. The van der Waals surface area contributed by atoms with Crippen LogP contribution >= 0.6 is 0 Å². The zero-order chi connectivity index (χ0) is 14.0. The quantitative estimate of drug-likeness (QED) is 0.628. The highest BCUT2D eigenvalue weighted by molar-refractivity contribution is 5.66. The molecule has 0 radical (unpaired) electrons. The lowest BCUT2D eigenvalue weighted by atomic mass is 9.93. The van der Waals surface area contributed by atoms with Crippen LogP contribution in [0.5, 0.6) is 0 Å². The molecule has 0 unspecified atom stereocenters. The second-order valence-corrected chi connectivity index (χ2v) is 5.54. The Balaban J connectivity index is 3.20. The van der Waals surface area contributed by atoms with E-state index in [-0.39, 0.29) is 12.7 Å². The number of hydrogen-bond donors (Lipinski definition) is 0. The molecule has 0 aliphatic carbocycles. The zero-order valence-electron chi connectivity index (χ0n) is 12.3. The molecule has 0 aromatic heterocycles. The number of ether oxygens (including phenoxy) is 3. The highest BCUT2D eigenvalue weighted by Gasteiger charge is 2.09. The Morgan fingerprint density at radius 2 is 1.44 bits per heavy atom. The van der Waals surface area contributed by atoms with Gasteiger partial charge in [-0.3, -0.25) is 0 Å². The van der Waals surface area contributed by atoms with Gasteiger partial charge in [0.25, 0.3) is 0 Å². The Kier molecular flexibility index (Phi) is 8.75. The second kappa shape index (κ2) is 9.16. The van der Waals surface area contributed by atoms with Crippen molar-refractivity contribution in [2.45, 2.75) is 27.2 Å². The van der Waals surface area contributed by atoms with Gasteiger partial charge in [0.1, 0.15) is 6.61 Å². The SMILES string of the molecule is CN(C)C(=O)OCCOCCOCCC(C)(C)C. The van der Waals surface area contributed by atoms with Crippen molar-refractivity contribution in [1.82, 2.24) is 4.90 Å². The van der Waals surface area contributed by atoms with Crippen molar-refractivity contribution in [3.8, 4) is 0 Å². The van der Waals surface area contributed by atoms with Crippen LogP contribution in [-0.4, -0.2) is 58.1 Å². The lowest BCUT2D eigenvalue weighted by Gasteiger charge is -2.17. The molecule has 5 nitrogen and oxygen atoms in total. The molecule has 0 heterocycles. The predicted octanol–water partition coefficient (Wildman–Crippen LogP) is 2.15. The maximum atomic E-state index is 11.0. The van der Waals surface area contributed by atoms with E-state index in [9.17, 15) is 4.79 Å². The van der Waals surface area contributed by atoms with Gasteiger partial charge < -0.3 is 19.1 Å². The molecule has 0 N–H and O–H groups in total. The van der Waals surface area contributed by atoms with Crippen LogP contribution in [-0.2, 0) is 14.2 Å². The zero-order valence-corrected chi connectivity index (χ0v) is 12.3. The van der Waals surface area contributed by atoms with Crippen molar-refractivity contribution in [2.24, 2.45) is 5.41 Å². The van der Waals surface area contributed by atoms with Crippen molar-refractivity contribution >= 4 is 6.09 Å². The van der Waals surface area contributed by atoms with Crippen LogP contribution in [0.2, 0.25) is 0 Å². The average Bonchev–Trinajstić information content (AvgIpc) is 2.24. The van der Waals surface area contributed by atoms with Crippen LogP contribution < -0.4 is 0 Å². The summed E-state index contributed by atoms with van der Waals surface area (Å²) in [4.78, 5) is 12.4. The molecule has 0 aromatic carbocycles. The second-order valence-electron chi connectivity index (χ2n) is 5.54. The fourth-order valence-electron chi connectivity index (χ4n) is 1.02. The van der Waals surface area contributed by atoms with Gasteiger partial charge in [0.05, 0.1) is 19.8 Å². The van der Waals surface area contributed by atoms with E-state index in [2.05, 4.69) is 20.8 Å². The number of nitrogens with zero attached hydrogens (tertiary/aromatic N) is 1. The van der Waals surface area contributed by atoms with E-state index in [0.717, 1.165) is 13.0 Å². The third-order valence-corrected chi connectivity index (χ3v) is 2.19. The largest absolute Gasteiger partial charge is 0.447 e. The molecule has 0 rings (SSSR count). The van der Waals surface area contributed by atoms with E-state index < -0.39 is 0 Å². The minimum atomic E-state index is -0.347. The molecule has 0 saturated carbocycles. The topological polar surface area (TPSA) is 48.0 Å². The monoisotopic (exact) mass is 261 g/mol. The van der Waals surface area contributed by atoms with E-state index in [4.69, 9.17) is 14.2 Å². The number of rotatable bonds is 8. The summed E-state index contributed by atoms with van der Waals surface area (Å²) in [6.07, 6.45) is 0.688. The molecule has 0 aromatic rings. The van der Waals surface area contributed by atoms with Crippen molar-refractivity contribution in [2.75, 3.05) is 47.1 Å². The van der Waals surface area contributed by atoms with Gasteiger partial charge in [-0.2, -0.15) is 0 Å². The van der Waals surface area contributed by atoms with Crippen molar-refractivity contribution < 1.29 is 19.0 Å². The number of hydrogen-bond acceptors (Lipinski definition) is 4. The lowest BCUT2D eigenvalue weighted by Crippen LogP contribution is -2.24. The minimum Gasteiger partial charge on any atom is -0.447 e. The summed E-state index contributed by atoms with van der Waals surface area (Å²) in [5.41, 5.74) is 0.307. The summed E-state index contributed by atoms with van der Waals surface area (Å²) in [6.45, 7) is 9.11. The fourth-order valence-corrected chi connectivity index (χ4v) is 1.02. The maximum absolute atomic E-state index is 11.0. The summed E-state index contributed by atoms with van der Waals surface area (Å²) in [5, 5.41) is 0. The van der Waals surface area contributed by atoms with E-state index >= 15 is 0 Å². The Morgan fingerprint density at radius 3 is 1.94 bits per heavy atom. The van der Waals surface area contributed by atoms with Gasteiger partial charge in [0.15, 0.2) is 0 Å². The van der Waals surface area contributed by atoms with Crippen LogP contribution in [0.4, 0.5) is 4.79 Å². The first-order valence-corrected chi connectivity index (χ1v) is 6.32. The third kappa shape index (κ3) is 11.7. The number of carbonyl (C=O) groups excluding carboxylic acids is 1. The Bertz CT molecular complexity index is 224. The highest BCUT2D eigenvalue weighted by atomic mass is 16.6. The standard InChI is InChI=1S/C13H27NO4/c1-13(2,3)6-7-16-8-9-17-10-11-18-12(15)14(4)5/h6-11H2,1-5H3. The van der Waals surface area contributed by atoms with Gasteiger partial charge in [-0.05, 0) is 11.8 Å². The van der Waals surface area contributed by atoms with Crippen LogP contribution in [0.25, 0.3) is 0 Å². The van der Waals surface area contributed by atoms with Crippen molar-refractivity contribution in [3.05, 3.63) is 0 Å². The molecular weight excluding hydrogens is 234 g/mol. The molecule has 108 valence electrons. The van der Waals surface area contributed by atoms with Gasteiger partial charge in [0, 0.05) is 20.7 Å². The number of amides is 1. The van der Waals surface area contributed by atoms with Crippen LogP contribution in [0.1, 0.15) is 27.2 Å². The molecule has 0 atom stereocenters. The first-order valence-electron chi connectivity index (χ1n) is 6.32. The van der Waals surface area contributed by atoms with Crippen molar-refractivity contribution in [1.29, 1.82) is 0 Å². The van der Waals surface area contributed by atoms with Gasteiger partial charge >= 0.3 is 6.09 Å². The van der Waals surface area contributed by atoms with Crippen molar-refractivity contribution in [3.63, 3.8) is 0 Å². The molecule has 1 amide bonds. The molecule has 0 spiro atoms. The minimum absolute atomic E-state index is 0.277. The summed E-state index contributed by atoms with van der Waals surface area (Å²) in [6, 6.07) is 0.